The van der Waals surface area contributed by atoms with Crippen LogP contribution in [0.3, 0.4) is 0 Å². The molecule has 6 rings (SSSR count). The maximum absolute atomic E-state index is 13.8. The van der Waals surface area contributed by atoms with E-state index in [1.165, 1.54) is 17.0 Å². The van der Waals surface area contributed by atoms with Gasteiger partial charge in [-0.2, -0.15) is 0 Å². The van der Waals surface area contributed by atoms with Gasteiger partial charge in [-0.3, -0.25) is 9.59 Å². The average molecular weight is 612 g/mol. The van der Waals surface area contributed by atoms with E-state index in [9.17, 15) is 22.8 Å². The van der Waals surface area contributed by atoms with Crippen molar-refractivity contribution >= 4 is 28.5 Å². The second-order valence-electron chi connectivity index (χ2n) is 11.5. The number of nitrogen functional groups attached to an aromatic ring is 1. The quantitative estimate of drug-likeness (QED) is 0.183. The van der Waals surface area contributed by atoms with E-state index in [1.54, 1.807) is 36.5 Å². The SMILES string of the molecule is Nc1ccc(CCC(=O)CCc2cc3cc(-c4ccc(C(=O)N5CCC(F)(F)CC5)cc4)cc(-c4ccc(F)cc4)c3o2)cn1. The summed E-state index contributed by atoms with van der Waals surface area (Å²) in [6, 6.07) is 22.7. The van der Waals surface area contributed by atoms with Gasteiger partial charge in [0.2, 0.25) is 0 Å². The first-order valence-corrected chi connectivity index (χ1v) is 15.0. The molecule has 1 amide bonds. The topological polar surface area (TPSA) is 89.4 Å². The monoisotopic (exact) mass is 611 g/mol. The molecule has 3 aromatic carbocycles. The van der Waals surface area contributed by atoms with Gasteiger partial charge in [0.05, 0.1) is 0 Å². The number of Topliss-reactive ketones (excluding diaryl/α,β-unsaturated/α-hetero) is 1. The van der Waals surface area contributed by atoms with Gasteiger partial charge in [0, 0.05) is 67.9 Å². The van der Waals surface area contributed by atoms with E-state index in [0.29, 0.717) is 48.4 Å². The molecule has 0 unspecified atom stereocenters. The molecule has 0 spiro atoms. The Morgan fingerprint density at radius 3 is 2.22 bits per heavy atom. The van der Waals surface area contributed by atoms with Crippen LogP contribution in [-0.2, 0) is 17.6 Å². The zero-order chi connectivity index (χ0) is 31.6. The fourth-order valence-corrected chi connectivity index (χ4v) is 5.62. The fraction of sp³-hybridized carbons (Fsp3) is 0.250. The van der Waals surface area contributed by atoms with Crippen LogP contribution >= 0.6 is 0 Å². The standard InChI is InChI=1S/C36H32F3N3O3/c37-29-9-7-25(8-10-29)32-21-27(24-3-5-26(6-4-24)35(44)42-17-15-36(38,39)16-18-42)19-28-20-31(45-34(28)32)13-12-30(43)11-1-23-2-14-33(40)41-22-23/h2-10,14,19-22H,1,11-13,15-18H2,(H2,40,41). The summed E-state index contributed by atoms with van der Waals surface area (Å²) in [4.78, 5) is 31.1. The van der Waals surface area contributed by atoms with Crippen molar-refractivity contribution in [3.63, 3.8) is 0 Å². The van der Waals surface area contributed by atoms with Gasteiger partial charge in [-0.1, -0.05) is 30.3 Å². The van der Waals surface area contributed by atoms with Crippen molar-refractivity contribution in [1.29, 1.82) is 0 Å². The normalized spacial score (nSPS) is 14.5. The predicted molar refractivity (Wildman–Crippen MR) is 167 cm³/mol. The highest BCUT2D eigenvalue weighted by molar-refractivity contribution is 5.98. The molecular weight excluding hydrogens is 579 g/mol. The van der Waals surface area contributed by atoms with Crippen molar-refractivity contribution < 1.29 is 27.2 Å². The largest absolute Gasteiger partial charge is 0.460 e. The van der Waals surface area contributed by atoms with Crippen LogP contribution in [0.2, 0.25) is 0 Å². The number of carbonyl (C=O) groups excluding carboxylic acids is 2. The van der Waals surface area contributed by atoms with Crippen LogP contribution in [0.1, 0.15) is 47.4 Å². The van der Waals surface area contributed by atoms with E-state index < -0.39 is 5.92 Å². The van der Waals surface area contributed by atoms with Crippen LogP contribution in [-0.4, -0.2) is 40.6 Å². The number of fused-ring (bicyclic) bond motifs is 1. The van der Waals surface area contributed by atoms with E-state index >= 15 is 0 Å². The number of hydrogen-bond acceptors (Lipinski definition) is 5. The lowest BCUT2D eigenvalue weighted by Gasteiger charge is -2.31. The third-order valence-corrected chi connectivity index (χ3v) is 8.26. The number of pyridine rings is 1. The maximum Gasteiger partial charge on any atom is 0.253 e. The minimum absolute atomic E-state index is 0.0275. The molecule has 1 aliphatic heterocycles. The number of carbonyl (C=O) groups is 2. The summed E-state index contributed by atoms with van der Waals surface area (Å²) in [5.74, 6) is -2.12. The van der Waals surface area contributed by atoms with Crippen molar-refractivity contribution in [3.05, 3.63) is 108 Å². The Morgan fingerprint density at radius 2 is 1.53 bits per heavy atom. The molecule has 5 aromatic rings. The van der Waals surface area contributed by atoms with E-state index in [2.05, 4.69) is 4.98 Å². The van der Waals surface area contributed by atoms with Gasteiger partial charge in [0.15, 0.2) is 0 Å². The Balaban J connectivity index is 1.22. The first kappa shape index (κ1) is 30.1. The molecule has 1 aliphatic rings. The molecule has 2 N–H and O–H groups in total. The average Bonchev–Trinajstić information content (AvgIpc) is 3.46. The molecule has 1 fully saturated rings. The van der Waals surface area contributed by atoms with Crippen molar-refractivity contribution in [2.24, 2.45) is 0 Å². The predicted octanol–water partition coefficient (Wildman–Crippen LogP) is 7.89. The lowest BCUT2D eigenvalue weighted by Crippen LogP contribution is -2.42. The number of piperidine rings is 1. The summed E-state index contributed by atoms with van der Waals surface area (Å²) in [7, 11) is 0. The van der Waals surface area contributed by atoms with Crippen LogP contribution in [0.4, 0.5) is 19.0 Å². The van der Waals surface area contributed by atoms with Crippen molar-refractivity contribution in [1.82, 2.24) is 9.88 Å². The first-order chi connectivity index (χ1) is 21.6. The van der Waals surface area contributed by atoms with Crippen LogP contribution in [0, 0.1) is 5.82 Å². The molecular formula is C36H32F3N3O3. The van der Waals surface area contributed by atoms with Gasteiger partial charge in [0.25, 0.3) is 11.8 Å². The lowest BCUT2D eigenvalue weighted by molar-refractivity contribution is -0.119. The Labute approximate surface area is 258 Å². The highest BCUT2D eigenvalue weighted by Crippen LogP contribution is 2.37. The van der Waals surface area contributed by atoms with Crippen molar-refractivity contribution in [2.45, 2.75) is 44.4 Å². The molecule has 230 valence electrons. The third-order valence-electron chi connectivity index (χ3n) is 8.26. The Morgan fingerprint density at radius 1 is 0.844 bits per heavy atom. The van der Waals surface area contributed by atoms with Gasteiger partial charge in [0.1, 0.15) is 28.8 Å². The van der Waals surface area contributed by atoms with Crippen molar-refractivity contribution in [2.75, 3.05) is 18.8 Å². The number of aromatic nitrogens is 1. The number of ketones is 1. The summed E-state index contributed by atoms with van der Waals surface area (Å²) >= 11 is 0. The summed E-state index contributed by atoms with van der Waals surface area (Å²) in [5, 5.41) is 0.830. The summed E-state index contributed by atoms with van der Waals surface area (Å²) in [6.07, 6.45) is 2.76. The van der Waals surface area contributed by atoms with Crippen LogP contribution < -0.4 is 5.73 Å². The Hall–Kier alpha value is -4.92. The molecule has 0 bridgehead atoms. The van der Waals surface area contributed by atoms with Gasteiger partial charge >= 0.3 is 0 Å². The van der Waals surface area contributed by atoms with E-state index in [0.717, 1.165) is 33.2 Å². The molecule has 45 heavy (non-hydrogen) atoms. The molecule has 3 heterocycles. The van der Waals surface area contributed by atoms with Crippen LogP contribution in [0.15, 0.2) is 89.5 Å². The van der Waals surface area contributed by atoms with Gasteiger partial charge < -0.3 is 15.1 Å². The number of benzene rings is 3. The number of rotatable bonds is 9. The number of nitrogens with zero attached hydrogens (tertiary/aromatic N) is 2. The van der Waals surface area contributed by atoms with Crippen LogP contribution in [0.5, 0.6) is 0 Å². The second-order valence-corrected chi connectivity index (χ2v) is 11.5. The second kappa shape index (κ2) is 12.6. The number of hydrogen-bond donors (Lipinski definition) is 1. The molecule has 0 atom stereocenters. The first-order valence-electron chi connectivity index (χ1n) is 15.0. The van der Waals surface area contributed by atoms with E-state index in [1.807, 2.05) is 36.4 Å². The maximum atomic E-state index is 13.8. The van der Waals surface area contributed by atoms with Gasteiger partial charge in [-0.15, -0.1) is 0 Å². The minimum Gasteiger partial charge on any atom is -0.460 e. The molecule has 9 heteroatoms. The molecule has 1 saturated heterocycles. The number of amides is 1. The number of nitrogens with two attached hydrogens (primary N) is 1. The van der Waals surface area contributed by atoms with E-state index in [4.69, 9.17) is 10.2 Å². The van der Waals surface area contributed by atoms with Gasteiger partial charge in [-0.05, 0) is 77.2 Å². The molecule has 0 aliphatic carbocycles. The minimum atomic E-state index is -2.72. The fourth-order valence-electron chi connectivity index (χ4n) is 5.62. The zero-order valence-corrected chi connectivity index (χ0v) is 24.6. The summed E-state index contributed by atoms with van der Waals surface area (Å²) < 4.78 is 47.2. The Kier molecular flexibility index (Phi) is 8.43. The highest BCUT2D eigenvalue weighted by Gasteiger charge is 2.35. The lowest BCUT2D eigenvalue weighted by atomic mass is 9.96. The highest BCUT2D eigenvalue weighted by atomic mass is 19.3. The number of likely N-dealkylation sites (tertiary alicyclic amines) is 1. The van der Waals surface area contributed by atoms with Crippen LogP contribution in [0.25, 0.3) is 33.2 Å². The number of halogens is 3. The summed E-state index contributed by atoms with van der Waals surface area (Å²) in [5.41, 5.74) is 10.9. The summed E-state index contributed by atoms with van der Waals surface area (Å²) in [6.45, 7) is 0.0551. The third kappa shape index (κ3) is 7.09. The number of alkyl halides is 2. The smallest absolute Gasteiger partial charge is 0.253 e. The molecule has 6 nitrogen and oxygen atoms in total. The molecule has 0 radical (unpaired) electrons. The zero-order valence-electron chi connectivity index (χ0n) is 24.6. The number of anilines is 1. The number of furan rings is 1. The van der Waals surface area contributed by atoms with E-state index in [-0.39, 0.29) is 43.4 Å². The molecule has 2 aromatic heterocycles. The Bertz CT molecular complexity index is 1820. The molecule has 0 saturated carbocycles. The van der Waals surface area contributed by atoms with Crippen molar-refractivity contribution in [3.8, 4) is 22.3 Å². The number of aryl methyl sites for hydroxylation is 2. The van der Waals surface area contributed by atoms with Gasteiger partial charge in [-0.25, -0.2) is 18.2 Å².